The fraction of sp³-hybridized carbons (Fsp3) is 0.200. The fourth-order valence-corrected chi connectivity index (χ4v) is 3.71. The van der Waals surface area contributed by atoms with Gasteiger partial charge in [0.1, 0.15) is 0 Å². The van der Waals surface area contributed by atoms with E-state index in [1.807, 2.05) is 96.7 Å². The highest BCUT2D eigenvalue weighted by atomic mass is 16.3. The molecule has 6 heteroatoms. The lowest BCUT2D eigenvalue weighted by atomic mass is 9.97. The van der Waals surface area contributed by atoms with Crippen molar-refractivity contribution in [3.8, 4) is 12.1 Å². The van der Waals surface area contributed by atoms with E-state index < -0.39 is 0 Å². The number of nitriles is 2. The quantitative estimate of drug-likeness (QED) is 0.413. The smallest absolute Gasteiger partial charge is 0.0998 e. The summed E-state index contributed by atoms with van der Waals surface area (Å²) in [6.07, 6.45) is 7.53. The largest absolute Gasteiger partial charge is 0.395 e. The van der Waals surface area contributed by atoms with Gasteiger partial charge in [-0.25, -0.2) is 0 Å². The number of benzene rings is 3. The Kier molecular flexibility index (Phi) is 9.42. The molecule has 0 saturated carbocycles. The lowest BCUT2D eigenvalue weighted by Crippen LogP contribution is -2.20. The SMILES string of the molecule is CN(CCO)c1ccc(/C=C/c2cc(C#N)c(/C=C/c3ccc(N(C)CCO)cc3)cc2C#N)cc1. The van der Waals surface area contributed by atoms with E-state index in [1.165, 1.54) is 0 Å². The summed E-state index contributed by atoms with van der Waals surface area (Å²) in [5.74, 6) is 0. The Labute approximate surface area is 212 Å². The number of nitrogens with zero attached hydrogens (tertiary/aromatic N) is 4. The summed E-state index contributed by atoms with van der Waals surface area (Å²) in [5, 5.41) is 37.6. The number of anilines is 2. The molecule has 0 aliphatic carbocycles. The summed E-state index contributed by atoms with van der Waals surface area (Å²) >= 11 is 0. The van der Waals surface area contributed by atoms with E-state index in [4.69, 9.17) is 10.2 Å². The van der Waals surface area contributed by atoms with Crippen molar-refractivity contribution >= 4 is 35.7 Å². The van der Waals surface area contributed by atoms with Crippen LogP contribution in [0.2, 0.25) is 0 Å². The van der Waals surface area contributed by atoms with Crippen LogP contribution in [0.4, 0.5) is 11.4 Å². The molecular weight excluding hydrogens is 448 g/mol. The van der Waals surface area contributed by atoms with E-state index in [2.05, 4.69) is 12.1 Å². The Balaban J connectivity index is 1.80. The molecule has 0 bridgehead atoms. The summed E-state index contributed by atoms with van der Waals surface area (Å²) in [7, 11) is 3.85. The van der Waals surface area contributed by atoms with Crippen molar-refractivity contribution in [3.63, 3.8) is 0 Å². The van der Waals surface area contributed by atoms with Gasteiger partial charge < -0.3 is 20.0 Å². The van der Waals surface area contributed by atoms with E-state index in [9.17, 15) is 10.5 Å². The van der Waals surface area contributed by atoms with Crippen LogP contribution < -0.4 is 9.80 Å². The van der Waals surface area contributed by atoms with Crippen molar-refractivity contribution in [2.45, 2.75) is 0 Å². The zero-order valence-corrected chi connectivity index (χ0v) is 20.6. The summed E-state index contributed by atoms with van der Waals surface area (Å²) < 4.78 is 0. The molecule has 0 aromatic heterocycles. The molecule has 3 aromatic carbocycles. The van der Waals surface area contributed by atoms with Gasteiger partial charge >= 0.3 is 0 Å². The lowest BCUT2D eigenvalue weighted by Gasteiger charge is -2.17. The van der Waals surface area contributed by atoms with Crippen LogP contribution in [-0.4, -0.2) is 50.6 Å². The average Bonchev–Trinajstić information content (AvgIpc) is 2.91. The maximum absolute atomic E-state index is 9.72. The van der Waals surface area contributed by atoms with Crippen LogP contribution in [-0.2, 0) is 0 Å². The van der Waals surface area contributed by atoms with Gasteiger partial charge in [-0.3, -0.25) is 0 Å². The molecule has 0 atom stereocenters. The molecule has 0 unspecified atom stereocenters. The van der Waals surface area contributed by atoms with Gasteiger partial charge in [-0.2, -0.15) is 10.5 Å². The molecule has 0 radical (unpaired) electrons. The average molecular weight is 479 g/mol. The Bertz CT molecular complexity index is 1190. The highest BCUT2D eigenvalue weighted by molar-refractivity contribution is 5.79. The van der Waals surface area contributed by atoms with Crippen LogP contribution >= 0.6 is 0 Å². The summed E-state index contributed by atoms with van der Waals surface area (Å²) in [6, 6.07) is 23.8. The van der Waals surface area contributed by atoms with Crippen molar-refractivity contribution in [1.82, 2.24) is 0 Å². The van der Waals surface area contributed by atoms with Crippen LogP contribution in [0.5, 0.6) is 0 Å². The number of likely N-dealkylation sites (N-methyl/N-ethyl adjacent to an activating group) is 2. The Morgan fingerprint density at radius 2 is 1.00 bits per heavy atom. The number of rotatable bonds is 10. The van der Waals surface area contributed by atoms with E-state index in [-0.39, 0.29) is 13.2 Å². The van der Waals surface area contributed by atoms with Crippen LogP contribution in [0.25, 0.3) is 24.3 Å². The van der Waals surface area contributed by atoms with Crippen molar-refractivity contribution < 1.29 is 10.2 Å². The zero-order valence-electron chi connectivity index (χ0n) is 20.6. The molecular formula is C30H30N4O2. The first-order valence-electron chi connectivity index (χ1n) is 11.7. The van der Waals surface area contributed by atoms with Gasteiger partial charge in [0.15, 0.2) is 0 Å². The van der Waals surface area contributed by atoms with Crippen LogP contribution in [0.15, 0.2) is 60.7 Å². The zero-order chi connectivity index (χ0) is 25.9. The molecule has 3 aromatic rings. The predicted molar refractivity (Wildman–Crippen MR) is 147 cm³/mol. The first-order chi connectivity index (χ1) is 17.5. The normalized spacial score (nSPS) is 10.9. The summed E-state index contributed by atoms with van der Waals surface area (Å²) in [6.45, 7) is 1.31. The summed E-state index contributed by atoms with van der Waals surface area (Å²) in [4.78, 5) is 3.94. The topological polar surface area (TPSA) is 94.5 Å². The van der Waals surface area contributed by atoms with Crippen molar-refractivity contribution in [1.29, 1.82) is 10.5 Å². The first-order valence-corrected chi connectivity index (χ1v) is 11.7. The maximum atomic E-state index is 9.72. The molecule has 0 fully saturated rings. The minimum absolute atomic E-state index is 0.0941. The Morgan fingerprint density at radius 3 is 1.31 bits per heavy atom. The molecule has 0 heterocycles. The second-order valence-corrected chi connectivity index (χ2v) is 8.39. The third kappa shape index (κ3) is 6.84. The molecule has 0 spiro atoms. The lowest BCUT2D eigenvalue weighted by molar-refractivity contribution is 0.304. The van der Waals surface area contributed by atoms with Gasteiger partial charge in [0.05, 0.1) is 36.5 Å². The van der Waals surface area contributed by atoms with E-state index in [0.29, 0.717) is 35.3 Å². The number of aliphatic hydroxyl groups is 2. The van der Waals surface area contributed by atoms with Gasteiger partial charge in [-0.15, -0.1) is 0 Å². The minimum atomic E-state index is 0.0941. The molecule has 36 heavy (non-hydrogen) atoms. The molecule has 2 N–H and O–H groups in total. The van der Waals surface area contributed by atoms with Gasteiger partial charge in [0.25, 0.3) is 0 Å². The van der Waals surface area contributed by atoms with Gasteiger partial charge in [-0.05, 0) is 58.7 Å². The Hall–Kier alpha value is -4.36. The van der Waals surface area contributed by atoms with E-state index in [1.54, 1.807) is 12.1 Å². The molecule has 182 valence electrons. The highest BCUT2D eigenvalue weighted by Gasteiger charge is 2.07. The van der Waals surface area contributed by atoms with Crippen molar-refractivity contribution in [2.75, 3.05) is 50.2 Å². The monoisotopic (exact) mass is 478 g/mol. The van der Waals surface area contributed by atoms with Crippen molar-refractivity contribution in [3.05, 3.63) is 94.0 Å². The van der Waals surface area contributed by atoms with Crippen LogP contribution in [0, 0.1) is 22.7 Å². The predicted octanol–water partition coefficient (Wildman–Crippen LogP) is 4.63. The highest BCUT2D eigenvalue weighted by Crippen LogP contribution is 2.22. The van der Waals surface area contributed by atoms with E-state index >= 15 is 0 Å². The number of hydrogen-bond acceptors (Lipinski definition) is 6. The second kappa shape index (κ2) is 12.9. The third-order valence-electron chi connectivity index (χ3n) is 5.91. The van der Waals surface area contributed by atoms with E-state index in [0.717, 1.165) is 22.5 Å². The number of aliphatic hydroxyl groups excluding tert-OH is 2. The van der Waals surface area contributed by atoms with Gasteiger partial charge in [0, 0.05) is 38.6 Å². The maximum Gasteiger partial charge on any atom is 0.0998 e. The van der Waals surface area contributed by atoms with Crippen LogP contribution in [0.1, 0.15) is 33.4 Å². The molecule has 6 nitrogen and oxygen atoms in total. The van der Waals surface area contributed by atoms with Gasteiger partial charge in [0.2, 0.25) is 0 Å². The Morgan fingerprint density at radius 1 is 0.639 bits per heavy atom. The minimum Gasteiger partial charge on any atom is -0.395 e. The summed E-state index contributed by atoms with van der Waals surface area (Å²) in [5.41, 5.74) is 6.30. The van der Waals surface area contributed by atoms with Crippen molar-refractivity contribution in [2.24, 2.45) is 0 Å². The molecule has 0 saturated heterocycles. The molecule has 0 aliphatic rings. The van der Waals surface area contributed by atoms with Gasteiger partial charge in [-0.1, -0.05) is 48.6 Å². The number of hydrogen-bond donors (Lipinski definition) is 2. The first kappa shape index (κ1) is 26.2. The molecule has 0 aliphatic heterocycles. The molecule has 0 amide bonds. The fourth-order valence-electron chi connectivity index (χ4n) is 3.71. The molecule has 3 rings (SSSR count). The second-order valence-electron chi connectivity index (χ2n) is 8.39. The third-order valence-corrected chi connectivity index (χ3v) is 5.91. The van der Waals surface area contributed by atoms with Crippen LogP contribution in [0.3, 0.4) is 0 Å². The standard InChI is InChI=1S/C30H30N4O2/c1-33(15-17-35)29-11-5-23(6-12-29)3-9-25-19-28(22-32)26(20-27(25)21-31)10-4-24-7-13-30(14-8-24)34(2)16-18-36/h3-14,19-20,35-36H,15-18H2,1-2H3/b9-3+,10-4+.